The maximum absolute atomic E-state index is 11.8. The molecule has 0 N–H and O–H groups in total. The summed E-state index contributed by atoms with van der Waals surface area (Å²) in [7, 11) is 0. The van der Waals surface area contributed by atoms with Crippen molar-refractivity contribution in [1.82, 2.24) is 3.96 Å². The van der Waals surface area contributed by atoms with Gasteiger partial charge in [-0.3, -0.25) is 4.79 Å². The Morgan fingerprint density at radius 2 is 2.21 bits per heavy atom. The fraction of sp³-hybridized carbons (Fsp3) is 0.182. The van der Waals surface area contributed by atoms with Gasteiger partial charge in [0.15, 0.2) is 0 Å². The molecule has 0 spiro atoms. The minimum Gasteiger partial charge on any atom is -0.268 e. The van der Waals surface area contributed by atoms with Gasteiger partial charge in [-0.2, -0.15) is 0 Å². The zero-order valence-corrected chi connectivity index (χ0v) is 8.54. The second-order valence-electron chi connectivity index (χ2n) is 3.06. The van der Waals surface area contributed by atoms with Gasteiger partial charge in [0, 0.05) is 0 Å². The molecule has 2 rings (SSSR count). The molecule has 0 saturated carbocycles. The highest BCUT2D eigenvalue weighted by atomic mass is 32.1. The average molecular weight is 203 g/mol. The highest BCUT2D eigenvalue weighted by Crippen LogP contribution is 2.18. The van der Waals surface area contributed by atoms with Crippen LogP contribution in [0, 0.1) is 12.3 Å². The van der Waals surface area contributed by atoms with Crippen LogP contribution < -0.4 is 5.56 Å². The number of benzene rings is 1. The Bertz CT molecular complexity index is 558. The molecule has 1 atom stereocenters. The summed E-state index contributed by atoms with van der Waals surface area (Å²) < 4.78 is 2.62. The van der Waals surface area contributed by atoms with Gasteiger partial charge in [-0.05, 0) is 19.1 Å². The standard InChI is InChI=1S/C11H9NOS/c1-3-8(2)12-11(13)9-6-4-5-7-10(9)14-12/h1,4-8H,2H3. The molecule has 2 nitrogen and oxygen atoms in total. The van der Waals surface area contributed by atoms with Gasteiger partial charge in [0.25, 0.3) is 5.56 Å². The fourth-order valence-corrected chi connectivity index (χ4v) is 2.32. The lowest BCUT2D eigenvalue weighted by Gasteiger charge is -2.00. The summed E-state index contributed by atoms with van der Waals surface area (Å²) >= 11 is 1.42. The van der Waals surface area contributed by atoms with Crippen LogP contribution in [0.25, 0.3) is 10.1 Å². The molecule has 0 aliphatic rings. The Labute approximate surface area is 85.9 Å². The van der Waals surface area contributed by atoms with Crippen molar-refractivity contribution in [2.75, 3.05) is 0 Å². The van der Waals surface area contributed by atoms with Crippen molar-refractivity contribution >= 4 is 21.6 Å². The van der Waals surface area contributed by atoms with E-state index in [2.05, 4.69) is 5.92 Å². The Morgan fingerprint density at radius 1 is 1.50 bits per heavy atom. The SMILES string of the molecule is C#CC(C)n1sc2ccccc2c1=O. The van der Waals surface area contributed by atoms with Crippen LogP contribution in [0.3, 0.4) is 0 Å². The van der Waals surface area contributed by atoms with Crippen LogP contribution >= 0.6 is 11.5 Å². The Kier molecular flexibility index (Phi) is 2.14. The molecular formula is C11H9NOS. The van der Waals surface area contributed by atoms with Crippen molar-refractivity contribution in [3.63, 3.8) is 0 Å². The minimum absolute atomic E-state index is 0.0102. The largest absolute Gasteiger partial charge is 0.269 e. The molecule has 14 heavy (non-hydrogen) atoms. The summed E-state index contributed by atoms with van der Waals surface area (Å²) in [5, 5.41) is 0.750. The van der Waals surface area contributed by atoms with Crippen LogP contribution in [0.2, 0.25) is 0 Å². The van der Waals surface area contributed by atoms with E-state index in [9.17, 15) is 4.79 Å². The van der Waals surface area contributed by atoms with Crippen LogP contribution in [0.15, 0.2) is 29.1 Å². The molecule has 1 aromatic heterocycles. The summed E-state index contributed by atoms with van der Waals surface area (Å²) in [5.74, 6) is 2.56. The molecule has 70 valence electrons. The van der Waals surface area contributed by atoms with E-state index in [0.29, 0.717) is 0 Å². The number of hydrogen-bond acceptors (Lipinski definition) is 2. The van der Waals surface area contributed by atoms with E-state index in [1.54, 1.807) is 3.96 Å². The zero-order valence-electron chi connectivity index (χ0n) is 7.73. The first-order chi connectivity index (χ1) is 6.74. The number of aromatic nitrogens is 1. The average Bonchev–Trinajstić information content (AvgIpc) is 2.56. The summed E-state index contributed by atoms with van der Waals surface area (Å²) in [6, 6.07) is 7.37. The highest BCUT2D eigenvalue weighted by Gasteiger charge is 2.09. The van der Waals surface area contributed by atoms with Gasteiger partial charge in [-0.1, -0.05) is 29.6 Å². The van der Waals surface area contributed by atoms with Crippen LogP contribution in [0.4, 0.5) is 0 Å². The van der Waals surface area contributed by atoms with E-state index >= 15 is 0 Å². The Balaban J connectivity index is 2.77. The van der Waals surface area contributed by atoms with Gasteiger partial charge in [0.1, 0.15) is 6.04 Å². The third-order valence-electron chi connectivity index (χ3n) is 2.11. The number of rotatable bonds is 1. The first-order valence-electron chi connectivity index (χ1n) is 4.30. The minimum atomic E-state index is -0.167. The van der Waals surface area contributed by atoms with Gasteiger partial charge in [-0.15, -0.1) is 6.42 Å². The molecule has 1 heterocycles. The van der Waals surface area contributed by atoms with E-state index in [0.717, 1.165) is 10.1 Å². The predicted octanol–water partition coefficient (Wildman–Crippen LogP) is 2.26. The van der Waals surface area contributed by atoms with Crippen molar-refractivity contribution < 1.29 is 0 Å². The first-order valence-corrected chi connectivity index (χ1v) is 5.08. The highest BCUT2D eigenvalue weighted by molar-refractivity contribution is 7.13. The second-order valence-corrected chi connectivity index (χ2v) is 4.08. The van der Waals surface area contributed by atoms with E-state index in [1.807, 2.05) is 31.2 Å². The topological polar surface area (TPSA) is 22.0 Å². The molecule has 3 heteroatoms. The normalized spacial score (nSPS) is 12.6. The monoisotopic (exact) mass is 203 g/mol. The van der Waals surface area contributed by atoms with Crippen molar-refractivity contribution in [2.24, 2.45) is 0 Å². The third kappa shape index (κ3) is 1.24. The van der Waals surface area contributed by atoms with Gasteiger partial charge < -0.3 is 0 Å². The molecule has 0 saturated heterocycles. The fourth-order valence-electron chi connectivity index (χ4n) is 1.31. The maximum Gasteiger partial charge on any atom is 0.269 e. The molecule has 2 aromatic rings. The number of hydrogen-bond donors (Lipinski definition) is 0. The Hall–Kier alpha value is -1.53. The van der Waals surface area contributed by atoms with E-state index in [4.69, 9.17) is 6.42 Å². The molecule has 1 unspecified atom stereocenters. The van der Waals surface area contributed by atoms with Crippen LogP contribution in [-0.2, 0) is 0 Å². The summed E-state index contributed by atoms with van der Waals surface area (Å²) in [6.07, 6.45) is 5.29. The summed E-state index contributed by atoms with van der Waals surface area (Å²) in [5.41, 5.74) is 0.0102. The molecule has 0 amide bonds. The van der Waals surface area contributed by atoms with Gasteiger partial charge in [0.05, 0.1) is 10.1 Å². The summed E-state index contributed by atoms with van der Waals surface area (Å²) in [4.78, 5) is 11.8. The maximum atomic E-state index is 11.8. The molecule has 0 radical (unpaired) electrons. The lowest BCUT2D eigenvalue weighted by atomic mass is 10.3. The second kappa shape index (κ2) is 3.32. The molecule has 0 aliphatic heterocycles. The van der Waals surface area contributed by atoms with E-state index in [1.165, 1.54) is 11.5 Å². The van der Waals surface area contributed by atoms with E-state index < -0.39 is 0 Å². The van der Waals surface area contributed by atoms with Crippen LogP contribution in [0.5, 0.6) is 0 Å². The molecule has 0 bridgehead atoms. The van der Waals surface area contributed by atoms with Crippen LogP contribution in [-0.4, -0.2) is 3.96 Å². The molecular weight excluding hydrogens is 194 g/mol. The number of terminal acetylenes is 1. The lowest BCUT2D eigenvalue weighted by molar-refractivity contribution is 0.725. The first kappa shape index (κ1) is 9.04. The van der Waals surface area contributed by atoms with Crippen molar-refractivity contribution in [3.05, 3.63) is 34.6 Å². The van der Waals surface area contributed by atoms with Crippen molar-refractivity contribution in [3.8, 4) is 12.3 Å². The molecule has 0 fully saturated rings. The predicted molar refractivity (Wildman–Crippen MR) is 59.6 cm³/mol. The van der Waals surface area contributed by atoms with Crippen molar-refractivity contribution in [1.29, 1.82) is 0 Å². The lowest BCUT2D eigenvalue weighted by Crippen LogP contribution is -2.15. The van der Waals surface area contributed by atoms with Crippen LogP contribution in [0.1, 0.15) is 13.0 Å². The number of fused-ring (bicyclic) bond motifs is 1. The quantitative estimate of drug-likeness (QED) is 0.652. The van der Waals surface area contributed by atoms with E-state index in [-0.39, 0.29) is 11.6 Å². The van der Waals surface area contributed by atoms with Gasteiger partial charge in [0.2, 0.25) is 0 Å². The molecule has 0 aliphatic carbocycles. The smallest absolute Gasteiger partial charge is 0.268 e. The third-order valence-corrected chi connectivity index (χ3v) is 3.34. The number of nitrogens with zero attached hydrogens (tertiary/aromatic N) is 1. The molecule has 1 aromatic carbocycles. The zero-order chi connectivity index (χ0) is 10.1. The summed E-state index contributed by atoms with van der Waals surface area (Å²) in [6.45, 7) is 1.84. The van der Waals surface area contributed by atoms with Crippen molar-refractivity contribution in [2.45, 2.75) is 13.0 Å². The Morgan fingerprint density at radius 3 is 2.86 bits per heavy atom. The van der Waals surface area contributed by atoms with Gasteiger partial charge >= 0.3 is 0 Å². The van der Waals surface area contributed by atoms with Gasteiger partial charge in [-0.25, -0.2) is 3.96 Å².